The standard InChI is InChI=1S/C16H13N3O2S/c20-16(21)15-19-12(8-22-15)11-7-18-14-13(11)10(5-6-17-14)9-3-1-2-4-9/h3,5-8H,1-2,4H2,(H,17,18)(H,20,21). The molecule has 3 aromatic heterocycles. The molecule has 0 aliphatic heterocycles. The number of carboxylic acid groups (broad SMARTS) is 1. The second kappa shape index (κ2) is 5.06. The molecular weight excluding hydrogens is 298 g/mol. The number of nitrogens with one attached hydrogen (secondary N) is 1. The summed E-state index contributed by atoms with van der Waals surface area (Å²) in [6, 6.07) is 2.03. The zero-order valence-electron chi connectivity index (χ0n) is 11.7. The lowest BCUT2D eigenvalue weighted by molar-refractivity contribution is 0.0696. The maximum absolute atomic E-state index is 11.0. The molecule has 3 aromatic rings. The van der Waals surface area contributed by atoms with E-state index >= 15 is 0 Å². The second-order valence-corrected chi connectivity index (χ2v) is 6.11. The number of hydrogen-bond donors (Lipinski definition) is 2. The summed E-state index contributed by atoms with van der Waals surface area (Å²) in [4.78, 5) is 22.8. The van der Waals surface area contributed by atoms with E-state index in [1.54, 1.807) is 11.6 Å². The van der Waals surface area contributed by atoms with Crippen molar-refractivity contribution in [2.75, 3.05) is 0 Å². The van der Waals surface area contributed by atoms with E-state index in [4.69, 9.17) is 5.11 Å². The summed E-state index contributed by atoms with van der Waals surface area (Å²) in [5.41, 5.74) is 4.91. The van der Waals surface area contributed by atoms with Crippen molar-refractivity contribution in [1.29, 1.82) is 0 Å². The highest BCUT2D eigenvalue weighted by Gasteiger charge is 2.18. The maximum atomic E-state index is 11.0. The molecule has 3 heterocycles. The molecule has 0 spiro atoms. The van der Waals surface area contributed by atoms with Gasteiger partial charge in [-0.05, 0) is 36.5 Å². The highest BCUT2D eigenvalue weighted by atomic mass is 32.1. The summed E-state index contributed by atoms with van der Waals surface area (Å²) in [7, 11) is 0. The summed E-state index contributed by atoms with van der Waals surface area (Å²) in [5, 5.41) is 12.0. The number of carbonyl (C=O) groups is 1. The van der Waals surface area contributed by atoms with Gasteiger partial charge in [-0.25, -0.2) is 14.8 Å². The van der Waals surface area contributed by atoms with Crippen molar-refractivity contribution < 1.29 is 9.90 Å². The summed E-state index contributed by atoms with van der Waals surface area (Å²) < 4.78 is 0. The minimum absolute atomic E-state index is 0.106. The molecule has 0 radical (unpaired) electrons. The fourth-order valence-electron chi connectivity index (χ4n) is 2.94. The van der Waals surface area contributed by atoms with E-state index in [1.165, 1.54) is 17.6 Å². The van der Waals surface area contributed by atoms with Crippen LogP contribution in [0.2, 0.25) is 0 Å². The molecule has 0 aromatic carbocycles. The van der Waals surface area contributed by atoms with Crippen LogP contribution in [0.25, 0.3) is 27.9 Å². The number of H-pyrrole nitrogens is 1. The van der Waals surface area contributed by atoms with Crippen LogP contribution in [0.4, 0.5) is 0 Å². The number of aromatic carboxylic acids is 1. The molecule has 6 heteroatoms. The van der Waals surface area contributed by atoms with Gasteiger partial charge in [-0.1, -0.05) is 6.08 Å². The molecule has 4 rings (SSSR count). The molecule has 0 bridgehead atoms. The molecule has 22 heavy (non-hydrogen) atoms. The van der Waals surface area contributed by atoms with E-state index in [0.29, 0.717) is 5.69 Å². The Bertz CT molecular complexity index is 907. The van der Waals surface area contributed by atoms with Crippen LogP contribution < -0.4 is 0 Å². The highest BCUT2D eigenvalue weighted by molar-refractivity contribution is 7.11. The van der Waals surface area contributed by atoms with Crippen molar-refractivity contribution in [2.45, 2.75) is 19.3 Å². The topological polar surface area (TPSA) is 78.9 Å². The fourth-order valence-corrected chi connectivity index (χ4v) is 3.59. The van der Waals surface area contributed by atoms with Crippen LogP contribution in [0.1, 0.15) is 34.6 Å². The van der Waals surface area contributed by atoms with Crippen LogP contribution in [0.3, 0.4) is 0 Å². The first kappa shape index (κ1) is 13.2. The van der Waals surface area contributed by atoms with E-state index < -0.39 is 5.97 Å². The lowest BCUT2D eigenvalue weighted by Crippen LogP contribution is -1.94. The van der Waals surface area contributed by atoms with E-state index in [1.807, 2.05) is 12.3 Å². The Morgan fingerprint density at radius 3 is 3.00 bits per heavy atom. The maximum Gasteiger partial charge on any atom is 0.365 e. The number of nitrogens with zero attached hydrogens (tertiary/aromatic N) is 2. The van der Waals surface area contributed by atoms with Gasteiger partial charge < -0.3 is 10.1 Å². The van der Waals surface area contributed by atoms with Crippen LogP contribution in [-0.4, -0.2) is 26.0 Å². The lowest BCUT2D eigenvalue weighted by atomic mass is 10.00. The Morgan fingerprint density at radius 1 is 1.36 bits per heavy atom. The molecule has 0 unspecified atom stereocenters. The molecule has 2 N–H and O–H groups in total. The third-order valence-corrected chi connectivity index (χ3v) is 4.75. The van der Waals surface area contributed by atoms with Crippen LogP contribution in [0.15, 0.2) is 29.9 Å². The van der Waals surface area contributed by atoms with Gasteiger partial charge in [0, 0.05) is 28.7 Å². The number of thiazole rings is 1. The van der Waals surface area contributed by atoms with Crippen molar-refractivity contribution in [1.82, 2.24) is 15.0 Å². The monoisotopic (exact) mass is 311 g/mol. The van der Waals surface area contributed by atoms with Gasteiger partial charge in [0.15, 0.2) is 0 Å². The first-order chi connectivity index (χ1) is 10.7. The zero-order chi connectivity index (χ0) is 15.1. The van der Waals surface area contributed by atoms with Crippen molar-refractivity contribution in [3.8, 4) is 11.3 Å². The van der Waals surface area contributed by atoms with E-state index in [-0.39, 0.29) is 5.01 Å². The molecular formula is C16H13N3O2S. The van der Waals surface area contributed by atoms with Gasteiger partial charge >= 0.3 is 5.97 Å². The molecule has 0 saturated heterocycles. The average Bonchev–Trinajstić information content (AvgIpc) is 3.25. The first-order valence-electron chi connectivity index (χ1n) is 7.09. The Labute approximate surface area is 130 Å². The molecule has 5 nitrogen and oxygen atoms in total. The minimum atomic E-state index is -0.993. The van der Waals surface area contributed by atoms with Crippen LogP contribution in [-0.2, 0) is 0 Å². The van der Waals surface area contributed by atoms with Gasteiger partial charge in [0.2, 0.25) is 5.01 Å². The predicted octanol–water partition coefficient (Wildman–Crippen LogP) is 3.95. The molecule has 0 saturated carbocycles. The van der Waals surface area contributed by atoms with E-state index in [2.05, 4.69) is 21.0 Å². The number of rotatable bonds is 3. The van der Waals surface area contributed by atoms with Gasteiger partial charge in [0.05, 0.1) is 5.69 Å². The zero-order valence-corrected chi connectivity index (χ0v) is 12.5. The molecule has 1 aliphatic rings. The lowest BCUT2D eigenvalue weighted by Gasteiger charge is -2.05. The molecule has 0 atom stereocenters. The minimum Gasteiger partial charge on any atom is -0.476 e. The Kier molecular flexibility index (Phi) is 3.04. The summed E-state index contributed by atoms with van der Waals surface area (Å²) in [6.45, 7) is 0. The normalized spacial score (nSPS) is 14.5. The Morgan fingerprint density at radius 2 is 2.27 bits per heavy atom. The number of aromatic amines is 1. The van der Waals surface area contributed by atoms with Gasteiger partial charge in [0.25, 0.3) is 0 Å². The molecule has 1 aliphatic carbocycles. The van der Waals surface area contributed by atoms with E-state index in [9.17, 15) is 4.79 Å². The fraction of sp³-hybridized carbons (Fsp3) is 0.188. The summed E-state index contributed by atoms with van der Waals surface area (Å²) in [5.74, 6) is -0.993. The molecule has 110 valence electrons. The SMILES string of the molecule is O=C(O)c1nc(-c2c[nH]c3nccc(C4=CCCC4)c23)cs1. The third-order valence-electron chi connectivity index (χ3n) is 3.92. The van der Waals surface area contributed by atoms with E-state index in [0.717, 1.165) is 40.8 Å². The number of pyridine rings is 1. The number of allylic oxidation sites excluding steroid dienone is 2. The van der Waals surface area contributed by atoms with Crippen LogP contribution in [0.5, 0.6) is 0 Å². The quantitative estimate of drug-likeness (QED) is 0.767. The van der Waals surface area contributed by atoms with Gasteiger partial charge in [-0.15, -0.1) is 11.3 Å². The predicted molar refractivity (Wildman–Crippen MR) is 86.0 cm³/mol. The first-order valence-corrected chi connectivity index (χ1v) is 7.96. The summed E-state index contributed by atoms with van der Waals surface area (Å²) in [6.07, 6.45) is 9.30. The number of carboxylic acids is 1. The van der Waals surface area contributed by atoms with Crippen LogP contribution >= 0.6 is 11.3 Å². The van der Waals surface area contributed by atoms with Crippen molar-refractivity contribution in [2.24, 2.45) is 0 Å². The Balaban J connectivity index is 1.92. The van der Waals surface area contributed by atoms with Gasteiger partial charge in [0.1, 0.15) is 5.65 Å². The third kappa shape index (κ3) is 2.03. The van der Waals surface area contributed by atoms with Gasteiger partial charge in [-0.2, -0.15) is 0 Å². The number of fused-ring (bicyclic) bond motifs is 1. The van der Waals surface area contributed by atoms with Crippen molar-refractivity contribution in [3.63, 3.8) is 0 Å². The number of aromatic nitrogens is 3. The molecule has 0 amide bonds. The average molecular weight is 311 g/mol. The van der Waals surface area contributed by atoms with Gasteiger partial charge in [-0.3, -0.25) is 0 Å². The van der Waals surface area contributed by atoms with Crippen molar-refractivity contribution >= 4 is 33.9 Å². The summed E-state index contributed by atoms with van der Waals surface area (Å²) >= 11 is 1.14. The second-order valence-electron chi connectivity index (χ2n) is 5.25. The highest BCUT2D eigenvalue weighted by Crippen LogP contribution is 2.37. The van der Waals surface area contributed by atoms with Crippen LogP contribution in [0, 0.1) is 0 Å². The largest absolute Gasteiger partial charge is 0.476 e. The Hall–Kier alpha value is -2.47. The number of hydrogen-bond acceptors (Lipinski definition) is 4. The smallest absolute Gasteiger partial charge is 0.365 e. The molecule has 0 fully saturated rings. The van der Waals surface area contributed by atoms with Crippen molar-refractivity contribution in [3.05, 3.63) is 40.5 Å².